The first-order valence-electron chi connectivity index (χ1n) is 6.05. The third-order valence-electron chi connectivity index (χ3n) is 1.87. The van der Waals surface area contributed by atoms with Crippen LogP contribution in [0.2, 0.25) is 0 Å². The van der Waals surface area contributed by atoms with Crippen LogP contribution in [0.3, 0.4) is 0 Å². The van der Waals surface area contributed by atoms with Crippen LogP contribution in [0.4, 0.5) is 4.79 Å². The fourth-order valence-corrected chi connectivity index (χ4v) is 0.527. The molecular weight excluding hydrogens is 224 g/mol. The third kappa shape index (κ3) is 17.8. The Morgan fingerprint density at radius 2 is 1.35 bits per heavy atom. The fourth-order valence-electron chi connectivity index (χ4n) is 0.527. The molecule has 2 atom stereocenters. The van der Waals surface area contributed by atoms with Gasteiger partial charge in [0.15, 0.2) is 0 Å². The van der Waals surface area contributed by atoms with Gasteiger partial charge in [-0.15, -0.1) is 0 Å². The molecule has 0 amide bonds. The first kappa shape index (κ1) is 18.6. The van der Waals surface area contributed by atoms with Crippen molar-refractivity contribution in [3.63, 3.8) is 0 Å². The highest BCUT2D eigenvalue weighted by molar-refractivity contribution is 5.56. The second kappa shape index (κ2) is 11.7. The summed E-state index contributed by atoms with van der Waals surface area (Å²) in [6.07, 6.45) is 0.989. The third-order valence-corrected chi connectivity index (χ3v) is 1.87. The molecule has 0 aromatic heterocycles. The molecule has 0 aromatic rings. The zero-order valence-electron chi connectivity index (χ0n) is 11.7. The standard InChI is InChI=1S/C8H18O2.C4H8O3/c1-5-7(3)9-10-8(4)6-2;1-3(2)7-4(5)6/h7-8H,5-6H2,1-4H3;3H,1-2H3,(H,5,6). The van der Waals surface area contributed by atoms with E-state index in [1.807, 2.05) is 13.8 Å². The van der Waals surface area contributed by atoms with Crippen molar-refractivity contribution in [1.82, 2.24) is 0 Å². The monoisotopic (exact) mass is 250 g/mol. The van der Waals surface area contributed by atoms with Gasteiger partial charge in [-0.1, -0.05) is 13.8 Å². The van der Waals surface area contributed by atoms with Crippen LogP contribution in [0, 0.1) is 0 Å². The largest absolute Gasteiger partial charge is 0.506 e. The van der Waals surface area contributed by atoms with Gasteiger partial charge in [0, 0.05) is 0 Å². The zero-order chi connectivity index (χ0) is 13.8. The summed E-state index contributed by atoms with van der Waals surface area (Å²) in [6, 6.07) is 0. The van der Waals surface area contributed by atoms with Gasteiger partial charge in [-0.25, -0.2) is 14.6 Å². The molecule has 0 aliphatic heterocycles. The number of hydrogen-bond acceptors (Lipinski definition) is 4. The maximum absolute atomic E-state index is 9.59. The van der Waals surface area contributed by atoms with Crippen molar-refractivity contribution in [1.29, 1.82) is 0 Å². The van der Waals surface area contributed by atoms with Crippen molar-refractivity contribution in [2.24, 2.45) is 0 Å². The van der Waals surface area contributed by atoms with Gasteiger partial charge in [-0.05, 0) is 40.5 Å². The molecule has 0 saturated carbocycles. The van der Waals surface area contributed by atoms with Crippen molar-refractivity contribution >= 4 is 6.16 Å². The summed E-state index contributed by atoms with van der Waals surface area (Å²) in [6.45, 7) is 11.5. The molecule has 0 aliphatic carbocycles. The summed E-state index contributed by atoms with van der Waals surface area (Å²) >= 11 is 0. The second-order valence-electron chi connectivity index (χ2n) is 4.06. The molecule has 0 bridgehead atoms. The Hall–Kier alpha value is -0.810. The van der Waals surface area contributed by atoms with E-state index in [0.717, 1.165) is 12.8 Å². The quantitative estimate of drug-likeness (QED) is 0.443. The Balaban J connectivity index is 0. The molecule has 0 aromatic carbocycles. The first-order chi connectivity index (χ1) is 7.83. The molecule has 0 rings (SSSR count). The number of ether oxygens (including phenoxy) is 1. The summed E-state index contributed by atoms with van der Waals surface area (Å²) in [5, 5.41) is 7.86. The summed E-state index contributed by atoms with van der Waals surface area (Å²) in [4.78, 5) is 19.7. The van der Waals surface area contributed by atoms with Crippen molar-refractivity contribution < 1.29 is 24.4 Å². The van der Waals surface area contributed by atoms with E-state index in [1.165, 1.54) is 0 Å². The van der Waals surface area contributed by atoms with E-state index in [2.05, 4.69) is 18.6 Å². The van der Waals surface area contributed by atoms with Crippen LogP contribution in [0.1, 0.15) is 54.4 Å². The van der Waals surface area contributed by atoms with Gasteiger partial charge in [0.05, 0.1) is 18.3 Å². The Kier molecular flexibility index (Phi) is 12.7. The van der Waals surface area contributed by atoms with Crippen molar-refractivity contribution in [3.8, 4) is 0 Å². The molecule has 0 saturated heterocycles. The molecule has 0 aliphatic rings. The predicted molar refractivity (Wildman–Crippen MR) is 65.9 cm³/mol. The lowest BCUT2D eigenvalue weighted by Gasteiger charge is -2.13. The van der Waals surface area contributed by atoms with E-state index < -0.39 is 6.16 Å². The molecule has 0 fully saturated rings. The van der Waals surface area contributed by atoms with Crippen LogP contribution >= 0.6 is 0 Å². The van der Waals surface area contributed by atoms with Gasteiger partial charge in [0.1, 0.15) is 0 Å². The van der Waals surface area contributed by atoms with Gasteiger partial charge < -0.3 is 9.84 Å². The first-order valence-corrected chi connectivity index (χ1v) is 6.05. The van der Waals surface area contributed by atoms with E-state index in [0.29, 0.717) is 0 Å². The second-order valence-corrected chi connectivity index (χ2v) is 4.06. The average molecular weight is 250 g/mol. The molecule has 17 heavy (non-hydrogen) atoms. The number of carboxylic acid groups (broad SMARTS) is 1. The Labute approximate surface area is 104 Å². The maximum atomic E-state index is 9.59. The molecule has 0 spiro atoms. The van der Waals surface area contributed by atoms with Crippen LogP contribution in [0.15, 0.2) is 0 Å². The smallest absolute Gasteiger partial charge is 0.450 e. The zero-order valence-corrected chi connectivity index (χ0v) is 11.7. The van der Waals surface area contributed by atoms with Crippen LogP contribution in [-0.4, -0.2) is 29.6 Å². The van der Waals surface area contributed by atoms with Crippen molar-refractivity contribution in [3.05, 3.63) is 0 Å². The molecule has 5 heteroatoms. The van der Waals surface area contributed by atoms with Gasteiger partial charge in [0.25, 0.3) is 0 Å². The van der Waals surface area contributed by atoms with Crippen LogP contribution in [0.5, 0.6) is 0 Å². The van der Waals surface area contributed by atoms with Crippen LogP contribution < -0.4 is 0 Å². The van der Waals surface area contributed by atoms with Gasteiger partial charge in [-0.3, -0.25) is 0 Å². The highest BCUT2D eigenvalue weighted by Gasteiger charge is 2.02. The molecular formula is C12H26O5. The lowest BCUT2D eigenvalue weighted by molar-refractivity contribution is -0.344. The molecule has 0 heterocycles. The minimum atomic E-state index is -1.21. The van der Waals surface area contributed by atoms with E-state index in [-0.39, 0.29) is 18.3 Å². The molecule has 5 nitrogen and oxygen atoms in total. The van der Waals surface area contributed by atoms with Gasteiger partial charge in [0.2, 0.25) is 0 Å². The SMILES string of the molecule is CC(C)OC(=O)O.CCC(C)OOC(C)CC. The lowest BCUT2D eigenvalue weighted by Crippen LogP contribution is -2.13. The summed E-state index contributed by atoms with van der Waals surface area (Å²) in [5.41, 5.74) is 0. The molecule has 2 unspecified atom stereocenters. The molecule has 104 valence electrons. The Morgan fingerprint density at radius 1 is 1.00 bits per heavy atom. The number of hydrogen-bond donors (Lipinski definition) is 1. The minimum Gasteiger partial charge on any atom is -0.450 e. The van der Waals surface area contributed by atoms with Crippen LogP contribution in [-0.2, 0) is 14.5 Å². The maximum Gasteiger partial charge on any atom is 0.506 e. The highest BCUT2D eigenvalue weighted by atomic mass is 17.2. The van der Waals surface area contributed by atoms with Crippen molar-refractivity contribution in [2.45, 2.75) is 72.7 Å². The van der Waals surface area contributed by atoms with Crippen molar-refractivity contribution in [2.75, 3.05) is 0 Å². The van der Waals surface area contributed by atoms with E-state index >= 15 is 0 Å². The van der Waals surface area contributed by atoms with E-state index in [9.17, 15) is 4.79 Å². The summed E-state index contributed by atoms with van der Waals surface area (Å²) in [7, 11) is 0. The average Bonchev–Trinajstić information content (AvgIpc) is 2.24. The Morgan fingerprint density at radius 3 is 1.47 bits per heavy atom. The summed E-state index contributed by atoms with van der Waals surface area (Å²) < 4.78 is 4.17. The molecule has 1 N–H and O–H groups in total. The van der Waals surface area contributed by atoms with Gasteiger partial charge in [-0.2, -0.15) is 0 Å². The number of carbonyl (C=O) groups is 1. The van der Waals surface area contributed by atoms with E-state index in [1.54, 1.807) is 13.8 Å². The predicted octanol–water partition coefficient (Wildman–Crippen LogP) is 3.62. The lowest BCUT2D eigenvalue weighted by atomic mass is 10.3. The topological polar surface area (TPSA) is 65.0 Å². The molecule has 0 radical (unpaired) electrons. The normalized spacial score (nSPS) is 13.6. The fraction of sp³-hybridized carbons (Fsp3) is 0.917. The highest BCUT2D eigenvalue weighted by Crippen LogP contribution is 2.02. The van der Waals surface area contributed by atoms with Gasteiger partial charge >= 0.3 is 6.16 Å². The Bertz CT molecular complexity index is 172. The number of rotatable bonds is 6. The minimum absolute atomic E-state index is 0.217. The van der Waals surface area contributed by atoms with Crippen LogP contribution in [0.25, 0.3) is 0 Å². The summed E-state index contributed by atoms with van der Waals surface area (Å²) in [5.74, 6) is 0. The van der Waals surface area contributed by atoms with E-state index in [4.69, 9.17) is 14.9 Å².